The third-order valence-electron chi connectivity index (χ3n) is 2.79. The van der Waals surface area contributed by atoms with Crippen LogP contribution in [0.15, 0.2) is 40.9 Å². The monoisotopic (exact) mass is 327 g/mol. The molecule has 18 heavy (non-hydrogen) atoms. The van der Waals surface area contributed by atoms with Crippen LogP contribution in [0.25, 0.3) is 10.8 Å². The van der Waals surface area contributed by atoms with Gasteiger partial charge < -0.3 is 5.73 Å². The van der Waals surface area contributed by atoms with Crippen molar-refractivity contribution in [1.82, 2.24) is 0 Å². The van der Waals surface area contributed by atoms with Crippen LogP contribution < -0.4 is 5.73 Å². The molecular weight excluding hydrogens is 314 g/mol. The van der Waals surface area contributed by atoms with E-state index in [4.69, 9.17) is 5.73 Å². The van der Waals surface area contributed by atoms with E-state index in [-0.39, 0.29) is 5.75 Å². The van der Waals surface area contributed by atoms with Gasteiger partial charge in [0.1, 0.15) is 9.84 Å². The predicted octanol–water partition coefficient (Wildman–Crippen LogP) is 2.65. The van der Waals surface area contributed by atoms with Crippen molar-refractivity contribution in [1.29, 1.82) is 0 Å². The van der Waals surface area contributed by atoms with Crippen molar-refractivity contribution in [3.63, 3.8) is 0 Å². The van der Waals surface area contributed by atoms with E-state index in [2.05, 4.69) is 15.9 Å². The maximum atomic E-state index is 11.3. The van der Waals surface area contributed by atoms with E-state index in [0.29, 0.717) is 0 Å². The summed E-state index contributed by atoms with van der Waals surface area (Å²) in [5.74, 6) is -0.0430. The zero-order valence-electron chi connectivity index (χ0n) is 9.93. The van der Waals surface area contributed by atoms with Crippen molar-refractivity contribution >= 4 is 36.5 Å². The van der Waals surface area contributed by atoms with Crippen LogP contribution in [0, 0.1) is 0 Å². The van der Waals surface area contributed by atoms with Crippen LogP contribution in [0.2, 0.25) is 0 Å². The van der Waals surface area contributed by atoms with E-state index in [1.165, 1.54) is 6.26 Å². The van der Waals surface area contributed by atoms with Crippen molar-refractivity contribution < 1.29 is 8.42 Å². The molecule has 96 valence electrons. The fraction of sp³-hybridized carbons (Fsp3) is 0.231. The maximum absolute atomic E-state index is 11.3. The van der Waals surface area contributed by atoms with Crippen LogP contribution in [-0.2, 0) is 9.84 Å². The van der Waals surface area contributed by atoms with Gasteiger partial charge in [0.2, 0.25) is 0 Å². The molecule has 0 fully saturated rings. The van der Waals surface area contributed by atoms with E-state index in [1.54, 1.807) is 0 Å². The summed E-state index contributed by atoms with van der Waals surface area (Å²) < 4.78 is 23.6. The van der Waals surface area contributed by atoms with Crippen LogP contribution in [0.4, 0.5) is 0 Å². The summed E-state index contributed by atoms with van der Waals surface area (Å²) in [6.45, 7) is 0. The van der Waals surface area contributed by atoms with Crippen LogP contribution >= 0.6 is 15.9 Å². The highest BCUT2D eigenvalue weighted by molar-refractivity contribution is 9.10. The smallest absolute Gasteiger partial charge is 0.149 e. The molecule has 2 N–H and O–H groups in total. The van der Waals surface area contributed by atoms with Crippen molar-refractivity contribution in [2.75, 3.05) is 12.0 Å². The minimum absolute atomic E-state index is 0.0430. The highest BCUT2D eigenvalue weighted by Gasteiger charge is 2.16. The first-order chi connectivity index (χ1) is 8.38. The number of benzene rings is 2. The Labute approximate surface area is 115 Å². The van der Waals surface area contributed by atoms with Crippen molar-refractivity contribution in [3.8, 4) is 0 Å². The first kappa shape index (κ1) is 13.5. The highest BCUT2D eigenvalue weighted by atomic mass is 79.9. The predicted molar refractivity (Wildman–Crippen MR) is 78.3 cm³/mol. The molecule has 1 unspecified atom stereocenters. The third-order valence-corrected chi connectivity index (χ3v) is 4.44. The zero-order valence-corrected chi connectivity index (χ0v) is 12.3. The normalized spacial score (nSPS) is 13.7. The van der Waals surface area contributed by atoms with Gasteiger partial charge in [0.05, 0.1) is 5.75 Å². The molecule has 2 aromatic rings. The molecule has 0 saturated heterocycles. The number of halogens is 1. The van der Waals surface area contributed by atoms with Gasteiger partial charge in [-0.25, -0.2) is 8.42 Å². The summed E-state index contributed by atoms with van der Waals surface area (Å²) in [7, 11) is -3.09. The van der Waals surface area contributed by atoms with Crippen LogP contribution in [0.3, 0.4) is 0 Å². The second-order valence-corrected chi connectivity index (χ2v) is 7.42. The summed E-state index contributed by atoms with van der Waals surface area (Å²) >= 11 is 3.48. The lowest BCUT2D eigenvalue weighted by atomic mass is 10.0. The fourth-order valence-corrected chi connectivity index (χ4v) is 3.33. The quantitative estimate of drug-likeness (QED) is 0.942. The second-order valence-electron chi connectivity index (χ2n) is 4.38. The molecule has 2 aromatic carbocycles. The van der Waals surface area contributed by atoms with Crippen molar-refractivity contribution in [2.45, 2.75) is 6.04 Å². The van der Waals surface area contributed by atoms with Gasteiger partial charge in [-0.05, 0) is 22.4 Å². The molecule has 0 bridgehead atoms. The minimum Gasteiger partial charge on any atom is -0.323 e. The van der Waals surface area contributed by atoms with E-state index in [0.717, 1.165) is 20.8 Å². The third kappa shape index (κ3) is 2.91. The van der Waals surface area contributed by atoms with E-state index in [9.17, 15) is 8.42 Å². The van der Waals surface area contributed by atoms with E-state index >= 15 is 0 Å². The van der Waals surface area contributed by atoms with Crippen LogP contribution in [-0.4, -0.2) is 20.4 Å². The summed E-state index contributed by atoms with van der Waals surface area (Å²) in [6.07, 6.45) is 1.20. The second kappa shape index (κ2) is 4.99. The molecule has 0 radical (unpaired) electrons. The van der Waals surface area contributed by atoms with Gasteiger partial charge in [0.15, 0.2) is 0 Å². The Balaban J connectivity index is 2.55. The minimum atomic E-state index is -3.09. The molecule has 0 aliphatic rings. The Kier molecular flexibility index (Phi) is 3.75. The standard InChI is InChI=1S/C13H14BrNO2S/c1-18(16,17)8-13(15)11-6-7-12(14)10-5-3-2-4-9(10)11/h2-7,13H,8,15H2,1H3. The lowest BCUT2D eigenvalue weighted by Gasteiger charge is -2.14. The van der Waals surface area contributed by atoms with Gasteiger partial charge >= 0.3 is 0 Å². The van der Waals surface area contributed by atoms with Gasteiger partial charge in [-0.1, -0.05) is 46.3 Å². The number of sulfone groups is 1. The molecule has 0 aliphatic carbocycles. The molecule has 1 atom stereocenters. The van der Waals surface area contributed by atoms with Gasteiger partial charge in [0.25, 0.3) is 0 Å². The average Bonchev–Trinajstić information content (AvgIpc) is 2.27. The molecular formula is C13H14BrNO2S. The lowest BCUT2D eigenvalue weighted by Crippen LogP contribution is -2.21. The number of nitrogens with two attached hydrogens (primary N) is 1. The summed E-state index contributed by atoms with van der Waals surface area (Å²) in [5.41, 5.74) is 6.86. The molecule has 5 heteroatoms. The maximum Gasteiger partial charge on any atom is 0.149 e. The number of hydrogen-bond acceptors (Lipinski definition) is 3. The Bertz CT molecular complexity index is 682. The Hall–Kier alpha value is -0.910. The summed E-state index contributed by atoms with van der Waals surface area (Å²) in [4.78, 5) is 0. The SMILES string of the molecule is CS(=O)(=O)CC(N)c1ccc(Br)c2ccccc12. The van der Waals surface area contributed by atoms with E-state index < -0.39 is 15.9 Å². The largest absolute Gasteiger partial charge is 0.323 e. The van der Waals surface area contributed by atoms with Crippen LogP contribution in [0.5, 0.6) is 0 Å². The molecule has 0 heterocycles. The first-order valence-electron chi connectivity index (χ1n) is 5.49. The molecule has 0 amide bonds. The van der Waals surface area contributed by atoms with Gasteiger partial charge in [-0.2, -0.15) is 0 Å². The van der Waals surface area contributed by atoms with Crippen LogP contribution in [0.1, 0.15) is 11.6 Å². The molecule has 0 spiro atoms. The molecule has 3 nitrogen and oxygen atoms in total. The fourth-order valence-electron chi connectivity index (χ4n) is 2.02. The zero-order chi connectivity index (χ0) is 13.3. The first-order valence-corrected chi connectivity index (χ1v) is 8.34. The van der Waals surface area contributed by atoms with Gasteiger partial charge in [-0.3, -0.25) is 0 Å². The molecule has 0 aromatic heterocycles. The Morgan fingerprint density at radius 2 is 1.78 bits per heavy atom. The Morgan fingerprint density at radius 1 is 1.17 bits per heavy atom. The summed E-state index contributed by atoms with van der Waals surface area (Å²) in [6, 6.07) is 11.1. The Morgan fingerprint density at radius 3 is 2.39 bits per heavy atom. The topological polar surface area (TPSA) is 60.2 Å². The molecule has 0 saturated carbocycles. The highest BCUT2D eigenvalue weighted by Crippen LogP contribution is 2.29. The number of rotatable bonds is 3. The molecule has 0 aliphatic heterocycles. The van der Waals surface area contributed by atoms with Crippen molar-refractivity contribution in [2.24, 2.45) is 5.73 Å². The van der Waals surface area contributed by atoms with Crippen molar-refractivity contribution in [3.05, 3.63) is 46.4 Å². The number of hydrogen-bond donors (Lipinski definition) is 1. The number of fused-ring (bicyclic) bond motifs is 1. The van der Waals surface area contributed by atoms with Gasteiger partial charge in [-0.15, -0.1) is 0 Å². The molecule has 2 rings (SSSR count). The lowest BCUT2D eigenvalue weighted by molar-refractivity contribution is 0.595. The average molecular weight is 328 g/mol. The summed E-state index contributed by atoms with van der Waals surface area (Å²) in [5, 5.41) is 2.03. The van der Waals surface area contributed by atoms with Gasteiger partial charge in [0, 0.05) is 16.8 Å². The van der Waals surface area contributed by atoms with E-state index in [1.807, 2.05) is 36.4 Å².